The largest absolute Gasteiger partial charge is 0.473 e. The molecule has 6 nitrogen and oxygen atoms in total. The highest BCUT2D eigenvalue weighted by Gasteiger charge is 2.58. The summed E-state index contributed by atoms with van der Waals surface area (Å²) in [6, 6.07) is -0.114. The van der Waals surface area contributed by atoms with E-state index >= 15 is 0 Å². The summed E-state index contributed by atoms with van der Waals surface area (Å²) in [5, 5.41) is 5.77. The predicted octanol–water partition coefficient (Wildman–Crippen LogP) is 3.25. The number of carbonyl (C=O) groups is 3. The number of amides is 2. The molecule has 0 heterocycles. The van der Waals surface area contributed by atoms with E-state index in [2.05, 4.69) is 24.5 Å². The summed E-state index contributed by atoms with van der Waals surface area (Å²) in [4.78, 5) is 38.9. The predicted molar refractivity (Wildman–Crippen MR) is 108 cm³/mol. The maximum atomic E-state index is 13.1. The van der Waals surface area contributed by atoms with Crippen LogP contribution in [0.4, 0.5) is 0 Å². The first-order valence-electron chi connectivity index (χ1n) is 10.2. The Hall–Kier alpha value is -1.85. The zero-order valence-corrected chi connectivity index (χ0v) is 18.6. The number of allylic oxidation sites excluding steroid dienone is 1. The Balaban J connectivity index is 2.45. The van der Waals surface area contributed by atoms with E-state index in [1.54, 1.807) is 0 Å². The summed E-state index contributed by atoms with van der Waals surface area (Å²) in [5.74, 6) is -0.317. The van der Waals surface area contributed by atoms with Crippen LogP contribution in [0.1, 0.15) is 81.1 Å². The summed E-state index contributed by atoms with van der Waals surface area (Å²) in [6.07, 6.45) is 1.67. The third-order valence-corrected chi connectivity index (χ3v) is 5.23. The SMILES string of the molecule is CC(C)NC(=O)C1=C(OC2(C(=O)NC(C)C)CC(C)(C)CC2=O)CC(C)(C)C1. The van der Waals surface area contributed by atoms with Crippen molar-refractivity contribution in [3.8, 4) is 0 Å². The lowest BCUT2D eigenvalue weighted by molar-refractivity contribution is -0.153. The van der Waals surface area contributed by atoms with Crippen LogP contribution in [0.3, 0.4) is 0 Å². The zero-order chi connectivity index (χ0) is 21.5. The van der Waals surface area contributed by atoms with Crippen molar-refractivity contribution in [1.29, 1.82) is 0 Å². The van der Waals surface area contributed by atoms with E-state index in [0.717, 1.165) is 0 Å². The van der Waals surface area contributed by atoms with Crippen molar-refractivity contribution in [2.75, 3.05) is 0 Å². The first kappa shape index (κ1) is 22.4. The van der Waals surface area contributed by atoms with Crippen molar-refractivity contribution in [2.45, 2.75) is 98.8 Å². The second-order valence-electron chi connectivity index (χ2n) is 10.5. The third kappa shape index (κ3) is 4.76. The van der Waals surface area contributed by atoms with Crippen molar-refractivity contribution in [1.82, 2.24) is 10.6 Å². The molecule has 0 aliphatic heterocycles. The van der Waals surface area contributed by atoms with Gasteiger partial charge in [0.2, 0.25) is 5.60 Å². The molecule has 1 saturated carbocycles. The molecule has 0 aromatic rings. The summed E-state index contributed by atoms with van der Waals surface area (Å²) in [6.45, 7) is 15.6. The van der Waals surface area contributed by atoms with E-state index < -0.39 is 11.5 Å². The first-order valence-corrected chi connectivity index (χ1v) is 10.2. The second-order valence-corrected chi connectivity index (χ2v) is 10.5. The number of rotatable bonds is 6. The van der Waals surface area contributed by atoms with Crippen LogP contribution >= 0.6 is 0 Å². The summed E-state index contributed by atoms with van der Waals surface area (Å²) in [7, 11) is 0. The van der Waals surface area contributed by atoms with Crippen LogP contribution in [-0.4, -0.2) is 35.3 Å². The van der Waals surface area contributed by atoms with Gasteiger partial charge in [-0.2, -0.15) is 0 Å². The second kappa shape index (κ2) is 7.53. The van der Waals surface area contributed by atoms with Gasteiger partial charge in [0, 0.05) is 31.3 Å². The molecule has 2 amide bonds. The molecule has 2 rings (SSSR count). The number of ether oxygens (including phenoxy) is 1. The van der Waals surface area contributed by atoms with Gasteiger partial charge in [-0.3, -0.25) is 14.4 Å². The molecule has 2 N–H and O–H groups in total. The van der Waals surface area contributed by atoms with Gasteiger partial charge in [0.15, 0.2) is 5.78 Å². The van der Waals surface area contributed by atoms with Gasteiger partial charge >= 0.3 is 0 Å². The Kier molecular flexibility index (Phi) is 6.03. The first-order chi connectivity index (χ1) is 12.7. The smallest absolute Gasteiger partial charge is 0.272 e. The highest BCUT2D eigenvalue weighted by atomic mass is 16.5. The third-order valence-electron chi connectivity index (χ3n) is 5.23. The number of carbonyl (C=O) groups excluding carboxylic acids is 3. The van der Waals surface area contributed by atoms with E-state index in [1.807, 2.05) is 41.5 Å². The molecule has 28 heavy (non-hydrogen) atoms. The average Bonchev–Trinajstić information content (AvgIpc) is 2.90. The number of hydrogen-bond donors (Lipinski definition) is 2. The van der Waals surface area contributed by atoms with E-state index in [9.17, 15) is 14.4 Å². The van der Waals surface area contributed by atoms with E-state index in [4.69, 9.17) is 4.74 Å². The van der Waals surface area contributed by atoms with Gasteiger partial charge in [-0.05, 0) is 44.9 Å². The molecule has 1 atom stereocenters. The van der Waals surface area contributed by atoms with Crippen molar-refractivity contribution in [3.05, 3.63) is 11.3 Å². The molecule has 1 fully saturated rings. The minimum absolute atomic E-state index is 0.00444. The minimum Gasteiger partial charge on any atom is -0.473 e. The molecule has 0 spiro atoms. The van der Waals surface area contributed by atoms with Crippen molar-refractivity contribution >= 4 is 17.6 Å². The van der Waals surface area contributed by atoms with Crippen molar-refractivity contribution in [3.63, 3.8) is 0 Å². The Labute approximate surface area is 168 Å². The summed E-state index contributed by atoms with van der Waals surface area (Å²) >= 11 is 0. The van der Waals surface area contributed by atoms with Crippen molar-refractivity contribution in [2.24, 2.45) is 10.8 Å². The molecule has 0 bridgehead atoms. The quantitative estimate of drug-likeness (QED) is 0.680. The normalized spacial score (nSPS) is 26.1. The van der Waals surface area contributed by atoms with Gasteiger partial charge in [-0.1, -0.05) is 27.7 Å². The fourth-order valence-electron chi connectivity index (χ4n) is 4.18. The van der Waals surface area contributed by atoms with Crippen LogP contribution < -0.4 is 10.6 Å². The van der Waals surface area contributed by atoms with Crippen LogP contribution in [-0.2, 0) is 19.1 Å². The molecule has 0 saturated heterocycles. The molecule has 2 aliphatic rings. The van der Waals surface area contributed by atoms with Crippen LogP contribution in [0.15, 0.2) is 11.3 Å². The lowest BCUT2D eigenvalue weighted by Crippen LogP contribution is -2.53. The minimum atomic E-state index is -1.56. The lowest BCUT2D eigenvalue weighted by Gasteiger charge is -2.31. The molecule has 0 aromatic heterocycles. The highest BCUT2D eigenvalue weighted by molar-refractivity contribution is 6.11. The summed E-state index contributed by atoms with van der Waals surface area (Å²) in [5.41, 5.74) is -1.51. The van der Waals surface area contributed by atoms with Crippen LogP contribution in [0.25, 0.3) is 0 Å². The molecular formula is C22H36N2O4. The summed E-state index contributed by atoms with van der Waals surface area (Å²) < 4.78 is 6.28. The van der Waals surface area contributed by atoms with Crippen LogP contribution in [0.2, 0.25) is 0 Å². The van der Waals surface area contributed by atoms with Crippen LogP contribution in [0, 0.1) is 10.8 Å². The monoisotopic (exact) mass is 392 g/mol. The number of Topliss-reactive ketones (excluding diaryl/α,β-unsaturated/α-hetero) is 1. The number of ketones is 1. The Morgan fingerprint density at radius 2 is 1.46 bits per heavy atom. The molecule has 0 aromatic carbocycles. The van der Waals surface area contributed by atoms with Gasteiger partial charge in [-0.25, -0.2) is 0 Å². The fourth-order valence-corrected chi connectivity index (χ4v) is 4.18. The topological polar surface area (TPSA) is 84.5 Å². The molecular weight excluding hydrogens is 356 g/mol. The van der Waals surface area contributed by atoms with Crippen LogP contribution in [0.5, 0.6) is 0 Å². The van der Waals surface area contributed by atoms with Crippen molar-refractivity contribution < 1.29 is 19.1 Å². The number of nitrogens with one attached hydrogen (secondary N) is 2. The molecule has 6 heteroatoms. The molecule has 1 unspecified atom stereocenters. The van der Waals surface area contributed by atoms with E-state index in [1.165, 1.54) is 0 Å². The maximum absolute atomic E-state index is 13.1. The van der Waals surface area contributed by atoms with Gasteiger partial charge < -0.3 is 15.4 Å². The van der Waals surface area contributed by atoms with Gasteiger partial charge in [0.1, 0.15) is 5.76 Å². The maximum Gasteiger partial charge on any atom is 0.272 e. The standard InChI is InChI=1S/C22H36N2O4/c1-13(2)23-18(26)15-9-20(5,6)10-16(15)28-22(19(27)24-14(3)4)12-21(7,8)11-17(22)25/h13-14H,9-12H2,1-8H3,(H,23,26)(H,24,27). The zero-order valence-electron chi connectivity index (χ0n) is 18.6. The Morgan fingerprint density at radius 3 is 1.93 bits per heavy atom. The molecule has 0 radical (unpaired) electrons. The molecule has 158 valence electrons. The lowest BCUT2D eigenvalue weighted by atomic mass is 9.88. The number of hydrogen-bond acceptors (Lipinski definition) is 4. The fraction of sp³-hybridized carbons (Fsp3) is 0.773. The van der Waals surface area contributed by atoms with E-state index in [-0.39, 0.29) is 41.0 Å². The van der Waals surface area contributed by atoms with E-state index in [0.29, 0.717) is 30.6 Å². The Bertz CT molecular complexity index is 703. The Morgan fingerprint density at radius 1 is 0.893 bits per heavy atom. The molecule has 2 aliphatic carbocycles. The average molecular weight is 393 g/mol. The highest BCUT2D eigenvalue weighted by Crippen LogP contribution is 2.49. The van der Waals surface area contributed by atoms with Gasteiger partial charge in [-0.15, -0.1) is 0 Å². The van der Waals surface area contributed by atoms with Gasteiger partial charge in [0.25, 0.3) is 11.8 Å². The van der Waals surface area contributed by atoms with Gasteiger partial charge in [0.05, 0.1) is 5.57 Å².